The van der Waals surface area contributed by atoms with Crippen molar-refractivity contribution in [3.05, 3.63) is 0 Å². The number of hydrogen-bond acceptors (Lipinski definition) is 7. The van der Waals surface area contributed by atoms with Gasteiger partial charge in [-0.25, -0.2) is 0 Å². The molecule has 1 atom stereocenters. The van der Waals surface area contributed by atoms with Gasteiger partial charge >= 0.3 is 17.9 Å². The Hall–Kier alpha value is -1.63. The number of unbranched alkanes of at least 4 members (excludes halogenated alkanes) is 21. The summed E-state index contributed by atoms with van der Waals surface area (Å²) in [5.74, 6) is -0.434. The SMILES string of the molecule is CCCCCCCCCCCOC(=O)CCCCCN(C)[C@@H](C)C(=O)OCCCCC(=O)OC(CCCCCCCC)CCCCCCCC. The molecule has 0 fully saturated rings. The molecule has 50 heavy (non-hydrogen) atoms. The molecule has 0 spiro atoms. The Bertz CT molecular complexity index is 758. The number of hydrogen-bond donors (Lipinski definition) is 0. The highest BCUT2D eigenvalue weighted by molar-refractivity contribution is 5.75. The molecule has 7 heteroatoms. The summed E-state index contributed by atoms with van der Waals surface area (Å²) in [6.07, 6.45) is 33.1. The van der Waals surface area contributed by atoms with Gasteiger partial charge in [0, 0.05) is 12.8 Å². The van der Waals surface area contributed by atoms with E-state index >= 15 is 0 Å². The molecular formula is C43H83NO6. The Labute approximate surface area is 310 Å². The van der Waals surface area contributed by atoms with Crippen LogP contribution in [0, 0.1) is 0 Å². The van der Waals surface area contributed by atoms with Crippen LogP contribution in [0.1, 0.15) is 220 Å². The van der Waals surface area contributed by atoms with Gasteiger partial charge in [-0.3, -0.25) is 19.3 Å². The second-order valence-electron chi connectivity index (χ2n) is 14.9. The summed E-state index contributed by atoms with van der Waals surface area (Å²) >= 11 is 0. The first kappa shape index (κ1) is 48.4. The van der Waals surface area contributed by atoms with Gasteiger partial charge in [0.05, 0.1) is 13.2 Å². The van der Waals surface area contributed by atoms with Crippen LogP contribution in [0.3, 0.4) is 0 Å². The van der Waals surface area contributed by atoms with E-state index < -0.39 is 0 Å². The number of ether oxygens (including phenoxy) is 3. The molecule has 0 rings (SSSR count). The summed E-state index contributed by atoms with van der Waals surface area (Å²) in [5.41, 5.74) is 0. The minimum Gasteiger partial charge on any atom is -0.466 e. The van der Waals surface area contributed by atoms with Crippen molar-refractivity contribution in [2.24, 2.45) is 0 Å². The van der Waals surface area contributed by atoms with E-state index in [1.807, 2.05) is 18.9 Å². The Morgan fingerprint density at radius 3 is 1.42 bits per heavy atom. The average molecular weight is 710 g/mol. The van der Waals surface area contributed by atoms with Gasteiger partial charge in [0.15, 0.2) is 0 Å². The fourth-order valence-corrected chi connectivity index (χ4v) is 6.33. The number of nitrogens with zero attached hydrogens (tertiary/aromatic N) is 1. The molecule has 296 valence electrons. The van der Waals surface area contributed by atoms with E-state index in [0.717, 1.165) is 64.3 Å². The van der Waals surface area contributed by atoms with E-state index in [9.17, 15) is 14.4 Å². The van der Waals surface area contributed by atoms with Gasteiger partial charge in [-0.15, -0.1) is 0 Å². The minimum absolute atomic E-state index is 0.0391. The molecule has 0 amide bonds. The van der Waals surface area contributed by atoms with Crippen molar-refractivity contribution in [3.8, 4) is 0 Å². The van der Waals surface area contributed by atoms with Crippen molar-refractivity contribution < 1.29 is 28.6 Å². The van der Waals surface area contributed by atoms with E-state index in [1.54, 1.807) is 0 Å². The van der Waals surface area contributed by atoms with Crippen LogP contribution in [0.15, 0.2) is 0 Å². The molecule has 0 heterocycles. The predicted molar refractivity (Wildman–Crippen MR) is 209 cm³/mol. The highest BCUT2D eigenvalue weighted by Crippen LogP contribution is 2.18. The standard InChI is InChI=1S/C43H83NO6/c1-6-9-12-15-18-19-20-23-30-37-48-41(45)34-27-24-29-36-44(5)39(4)43(47)49-38-31-28-35-42(46)50-40(32-25-21-16-13-10-7-2)33-26-22-17-14-11-8-3/h39-40H,6-38H2,1-5H3/t39-/m0/s1. The van der Waals surface area contributed by atoms with Crippen molar-refractivity contribution >= 4 is 17.9 Å². The molecule has 0 aromatic heterocycles. The highest BCUT2D eigenvalue weighted by Gasteiger charge is 2.19. The first-order chi connectivity index (χ1) is 24.3. The molecule has 0 aliphatic rings. The second-order valence-corrected chi connectivity index (χ2v) is 14.9. The zero-order valence-corrected chi connectivity index (χ0v) is 33.9. The van der Waals surface area contributed by atoms with Gasteiger partial charge in [-0.2, -0.15) is 0 Å². The van der Waals surface area contributed by atoms with Crippen LogP contribution < -0.4 is 0 Å². The van der Waals surface area contributed by atoms with Crippen molar-refractivity contribution in [1.82, 2.24) is 4.90 Å². The summed E-state index contributed by atoms with van der Waals surface area (Å²) in [6.45, 7) is 10.2. The van der Waals surface area contributed by atoms with Crippen LogP contribution in [0.25, 0.3) is 0 Å². The quantitative estimate of drug-likeness (QED) is 0.0358. The van der Waals surface area contributed by atoms with Gasteiger partial charge in [0.25, 0.3) is 0 Å². The maximum Gasteiger partial charge on any atom is 0.323 e. The largest absolute Gasteiger partial charge is 0.466 e. The number of rotatable bonds is 38. The zero-order chi connectivity index (χ0) is 36.9. The third kappa shape index (κ3) is 32.3. The monoisotopic (exact) mass is 710 g/mol. The van der Waals surface area contributed by atoms with Crippen molar-refractivity contribution in [3.63, 3.8) is 0 Å². The van der Waals surface area contributed by atoms with Crippen LogP contribution in [-0.2, 0) is 28.6 Å². The van der Waals surface area contributed by atoms with Crippen LogP contribution in [0.2, 0.25) is 0 Å². The number of carbonyl (C=O) groups excluding carboxylic acids is 3. The number of esters is 3. The van der Waals surface area contributed by atoms with E-state index in [-0.39, 0.29) is 30.1 Å². The Balaban J connectivity index is 4.01. The molecule has 0 aromatic carbocycles. The molecule has 0 unspecified atom stereocenters. The van der Waals surface area contributed by atoms with E-state index in [1.165, 1.54) is 109 Å². The van der Waals surface area contributed by atoms with Crippen molar-refractivity contribution in [1.29, 1.82) is 0 Å². The first-order valence-corrected chi connectivity index (χ1v) is 21.6. The van der Waals surface area contributed by atoms with Gasteiger partial charge in [-0.05, 0) is 78.3 Å². The van der Waals surface area contributed by atoms with E-state index in [4.69, 9.17) is 14.2 Å². The van der Waals surface area contributed by atoms with Crippen molar-refractivity contribution in [2.75, 3.05) is 26.8 Å². The number of carbonyl (C=O) groups is 3. The zero-order valence-electron chi connectivity index (χ0n) is 33.9. The summed E-state index contributed by atoms with van der Waals surface area (Å²) in [4.78, 5) is 39.3. The predicted octanol–water partition coefficient (Wildman–Crippen LogP) is 12.1. The second kappa shape index (κ2) is 37.1. The summed E-state index contributed by atoms with van der Waals surface area (Å²) < 4.78 is 16.9. The van der Waals surface area contributed by atoms with Crippen LogP contribution in [0.5, 0.6) is 0 Å². The molecule has 0 N–H and O–H groups in total. The summed E-state index contributed by atoms with van der Waals surface area (Å²) in [5, 5.41) is 0. The van der Waals surface area contributed by atoms with Crippen LogP contribution >= 0.6 is 0 Å². The van der Waals surface area contributed by atoms with Gasteiger partial charge in [0.1, 0.15) is 12.1 Å². The smallest absolute Gasteiger partial charge is 0.323 e. The van der Waals surface area contributed by atoms with Gasteiger partial charge < -0.3 is 14.2 Å². The topological polar surface area (TPSA) is 82.1 Å². The first-order valence-electron chi connectivity index (χ1n) is 21.6. The molecule has 0 saturated heterocycles. The molecular weight excluding hydrogens is 626 g/mol. The highest BCUT2D eigenvalue weighted by atomic mass is 16.5. The minimum atomic E-state index is -0.328. The van der Waals surface area contributed by atoms with Gasteiger partial charge in [0.2, 0.25) is 0 Å². The number of likely N-dealkylation sites (N-methyl/N-ethyl adjacent to an activating group) is 1. The molecule has 0 radical (unpaired) electrons. The lowest BCUT2D eigenvalue weighted by Crippen LogP contribution is -2.38. The normalized spacial score (nSPS) is 12.1. The molecule has 0 aliphatic heterocycles. The third-order valence-corrected chi connectivity index (χ3v) is 9.98. The molecule has 0 saturated carbocycles. The van der Waals surface area contributed by atoms with E-state index in [0.29, 0.717) is 38.9 Å². The molecule has 0 aliphatic carbocycles. The van der Waals surface area contributed by atoms with E-state index in [2.05, 4.69) is 20.8 Å². The maximum atomic E-state index is 12.6. The third-order valence-electron chi connectivity index (χ3n) is 9.98. The average Bonchev–Trinajstić information content (AvgIpc) is 3.10. The Morgan fingerprint density at radius 1 is 0.480 bits per heavy atom. The Morgan fingerprint density at radius 2 is 0.880 bits per heavy atom. The molecule has 7 nitrogen and oxygen atoms in total. The van der Waals surface area contributed by atoms with Crippen molar-refractivity contribution in [2.45, 2.75) is 232 Å². The fourth-order valence-electron chi connectivity index (χ4n) is 6.33. The molecule has 0 aromatic rings. The Kier molecular flexibility index (Phi) is 35.9. The van der Waals surface area contributed by atoms with Crippen LogP contribution in [0.4, 0.5) is 0 Å². The lowest BCUT2D eigenvalue weighted by Gasteiger charge is -2.23. The van der Waals surface area contributed by atoms with Crippen LogP contribution in [-0.4, -0.2) is 61.8 Å². The lowest BCUT2D eigenvalue weighted by molar-refractivity contribution is -0.150. The summed E-state index contributed by atoms with van der Waals surface area (Å²) in [7, 11) is 1.94. The summed E-state index contributed by atoms with van der Waals surface area (Å²) in [6, 6.07) is -0.328. The molecule has 0 bridgehead atoms. The maximum absolute atomic E-state index is 12.6. The van der Waals surface area contributed by atoms with Gasteiger partial charge in [-0.1, -0.05) is 143 Å². The fraction of sp³-hybridized carbons (Fsp3) is 0.930. The lowest BCUT2D eigenvalue weighted by atomic mass is 10.0.